The molecule has 6 rings (SSSR count). The predicted octanol–water partition coefficient (Wildman–Crippen LogP) is 6.24. The van der Waals surface area contributed by atoms with Gasteiger partial charge in [-0.25, -0.2) is 9.18 Å². The van der Waals surface area contributed by atoms with Gasteiger partial charge in [0.05, 0.1) is 39.6 Å². The zero-order valence-corrected chi connectivity index (χ0v) is 25.5. The summed E-state index contributed by atoms with van der Waals surface area (Å²) in [7, 11) is 1.61. The Labute approximate surface area is 261 Å². The van der Waals surface area contributed by atoms with Crippen molar-refractivity contribution in [1.82, 2.24) is 14.8 Å². The van der Waals surface area contributed by atoms with Crippen LogP contribution in [0.25, 0.3) is 10.9 Å². The van der Waals surface area contributed by atoms with Gasteiger partial charge in [0.25, 0.3) is 0 Å². The van der Waals surface area contributed by atoms with E-state index in [9.17, 15) is 9.18 Å². The molecule has 10 heteroatoms. The molecule has 0 bridgehead atoms. The molecule has 8 nitrogen and oxygen atoms in total. The van der Waals surface area contributed by atoms with Crippen LogP contribution in [0.3, 0.4) is 0 Å². The van der Waals surface area contributed by atoms with Crippen molar-refractivity contribution < 1.29 is 32.5 Å². The lowest BCUT2D eigenvalue weighted by atomic mass is 9.90. The molecule has 1 fully saturated rings. The number of fused-ring (bicyclic) bond motifs is 3. The van der Waals surface area contributed by atoms with E-state index in [4.69, 9.17) is 18.9 Å². The Morgan fingerprint density at radius 3 is 2.64 bits per heavy atom. The fourth-order valence-corrected chi connectivity index (χ4v) is 6.23. The molecule has 0 aliphatic carbocycles. The molecular weight excluding hydrogens is 580 g/mol. The van der Waals surface area contributed by atoms with Crippen LogP contribution < -0.4 is 9.47 Å². The van der Waals surface area contributed by atoms with Crippen LogP contribution in [0.2, 0.25) is 0 Å². The number of amides is 1. The lowest BCUT2D eigenvalue weighted by Crippen LogP contribution is -2.55. The predicted molar refractivity (Wildman–Crippen MR) is 167 cm³/mol. The van der Waals surface area contributed by atoms with Crippen LogP contribution in [0.15, 0.2) is 72.8 Å². The summed E-state index contributed by atoms with van der Waals surface area (Å²) in [6, 6.07) is 23.0. The number of para-hydroxylation sites is 1. The molecule has 2 aliphatic heterocycles. The van der Waals surface area contributed by atoms with E-state index in [-0.39, 0.29) is 58.5 Å². The summed E-state index contributed by atoms with van der Waals surface area (Å²) in [5.74, 6) is 1.18. The van der Waals surface area contributed by atoms with Crippen molar-refractivity contribution in [3.63, 3.8) is 0 Å². The van der Waals surface area contributed by atoms with Crippen LogP contribution in [-0.4, -0.2) is 86.3 Å². The molecular formula is C35H39F2N3O5. The van der Waals surface area contributed by atoms with Gasteiger partial charge in [0, 0.05) is 47.9 Å². The molecule has 4 aromatic rings. The first-order valence-electron chi connectivity index (χ1n) is 15.4. The third-order valence-corrected chi connectivity index (χ3v) is 8.50. The number of halogens is 2. The third kappa shape index (κ3) is 6.92. The number of rotatable bonds is 13. The fourth-order valence-electron chi connectivity index (χ4n) is 6.23. The number of hydrogen-bond donors (Lipinski definition) is 1. The fraction of sp³-hybridized carbons (Fsp3) is 0.400. The van der Waals surface area contributed by atoms with E-state index < -0.39 is 18.4 Å². The molecule has 1 aromatic heterocycles. The van der Waals surface area contributed by atoms with Gasteiger partial charge in [0.1, 0.15) is 24.7 Å². The Bertz CT molecular complexity index is 1590. The summed E-state index contributed by atoms with van der Waals surface area (Å²) in [4.78, 5) is 20.0. The Hall–Kier alpha value is -4.15. The molecule has 1 saturated heterocycles. The van der Waals surface area contributed by atoms with Crippen molar-refractivity contribution in [2.45, 2.75) is 31.2 Å². The van der Waals surface area contributed by atoms with Crippen molar-refractivity contribution >= 4 is 17.0 Å². The maximum atomic E-state index is 15.4. The number of aromatic nitrogens is 1. The smallest absolute Gasteiger partial charge is 0.410 e. The molecule has 238 valence electrons. The maximum absolute atomic E-state index is 15.4. The minimum Gasteiger partial charge on any atom is -0.496 e. The van der Waals surface area contributed by atoms with E-state index in [0.29, 0.717) is 18.0 Å². The number of H-pyrrole nitrogens is 1. The monoisotopic (exact) mass is 619 g/mol. The second-order valence-corrected chi connectivity index (χ2v) is 11.7. The number of hydrogen-bond acceptors (Lipinski definition) is 6. The number of aromatic amines is 1. The van der Waals surface area contributed by atoms with Gasteiger partial charge in [-0.1, -0.05) is 48.5 Å². The maximum Gasteiger partial charge on any atom is 0.410 e. The van der Waals surface area contributed by atoms with E-state index in [2.05, 4.69) is 22.0 Å². The highest BCUT2D eigenvalue weighted by atomic mass is 19.1. The molecule has 3 heterocycles. The van der Waals surface area contributed by atoms with Crippen LogP contribution >= 0.6 is 0 Å². The molecule has 0 spiro atoms. The SMILES string of the molecule is COc1cc(OCCN(CCCF)C(=O)OCc2ccccc2)ccc1C1c2[nH]c3ccccc3c2CCN1CC1(F)COC1. The van der Waals surface area contributed by atoms with Gasteiger partial charge in [-0.15, -0.1) is 0 Å². The molecule has 1 amide bonds. The van der Waals surface area contributed by atoms with Gasteiger partial charge >= 0.3 is 6.09 Å². The lowest BCUT2D eigenvalue weighted by molar-refractivity contribution is -0.144. The van der Waals surface area contributed by atoms with E-state index >= 15 is 4.39 Å². The van der Waals surface area contributed by atoms with Crippen molar-refractivity contribution in [2.75, 3.05) is 59.8 Å². The van der Waals surface area contributed by atoms with Gasteiger partial charge < -0.3 is 28.8 Å². The van der Waals surface area contributed by atoms with Gasteiger partial charge in [0.2, 0.25) is 0 Å². The first kappa shape index (κ1) is 30.9. The van der Waals surface area contributed by atoms with E-state index in [0.717, 1.165) is 28.8 Å². The van der Waals surface area contributed by atoms with Gasteiger partial charge in [0.15, 0.2) is 5.67 Å². The summed E-state index contributed by atoms with van der Waals surface area (Å²) in [6.07, 6.45) is 0.504. The Morgan fingerprint density at radius 1 is 1.09 bits per heavy atom. The highest BCUT2D eigenvalue weighted by Crippen LogP contribution is 2.43. The summed E-state index contributed by atoms with van der Waals surface area (Å²) >= 11 is 0. The van der Waals surface area contributed by atoms with E-state index in [1.807, 2.05) is 60.7 Å². The Balaban J connectivity index is 1.18. The standard InChI is InChI=1S/C35H39F2N3O5/c1-42-31-20-26(44-19-18-39(16-7-15-36)34(41)45-21-25-8-3-2-4-9-25)12-13-29(31)33-32-28(27-10-5-6-11-30(27)38-32)14-17-40(33)22-35(37)23-43-24-35/h2-6,8-13,20,33,38H,7,14-19,21-24H2,1H3. The molecule has 1 atom stereocenters. The normalized spacial score (nSPS) is 17.4. The average Bonchev–Trinajstić information content (AvgIpc) is 3.43. The highest BCUT2D eigenvalue weighted by molar-refractivity contribution is 5.85. The van der Waals surface area contributed by atoms with Crippen LogP contribution in [0, 0.1) is 0 Å². The summed E-state index contributed by atoms with van der Waals surface area (Å²) in [5.41, 5.74) is 3.72. The number of nitrogens with zero attached hydrogens (tertiary/aromatic N) is 2. The Kier molecular flexibility index (Phi) is 9.51. The number of alkyl halides is 2. The number of nitrogens with one attached hydrogen (secondary N) is 1. The number of methoxy groups -OCH3 is 1. The van der Waals surface area contributed by atoms with Crippen LogP contribution in [-0.2, 0) is 22.5 Å². The summed E-state index contributed by atoms with van der Waals surface area (Å²) < 4.78 is 51.0. The second kappa shape index (κ2) is 13.9. The first-order chi connectivity index (χ1) is 22.0. The molecule has 1 unspecified atom stereocenters. The van der Waals surface area contributed by atoms with Gasteiger partial charge in [-0.05, 0) is 42.2 Å². The molecule has 0 saturated carbocycles. The largest absolute Gasteiger partial charge is 0.496 e. The van der Waals surface area contributed by atoms with Crippen LogP contribution in [0.5, 0.6) is 11.5 Å². The molecule has 2 aliphatic rings. The molecule has 0 radical (unpaired) electrons. The van der Waals surface area contributed by atoms with Gasteiger partial charge in [-0.2, -0.15) is 0 Å². The van der Waals surface area contributed by atoms with Crippen molar-refractivity contribution in [3.8, 4) is 11.5 Å². The second-order valence-electron chi connectivity index (χ2n) is 11.7. The zero-order valence-electron chi connectivity index (χ0n) is 25.5. The van der Waals surface area contributed by atoms with Crippen molar-refractivity contribution in [3.05, 3.63) is 95.2 Å². The Morgan fingerprint density at radius 2 is 1.89 bits per heavy atom. The van der Waals surface area contributed by atoms with Gasteiger partial charge in [-0.3, -0.25) is 9.29 Å². The van der Waals surface area contributed by atoms with Crippen LogP contribution in [0.1, 0.15) is 34.8 Å². The molecule has 45 heavy (non-hydrogen) atoms. The zero-order chi connectivity index (χ0) is 31.2. The van der Waals surface area contributed by atoms with E-state index in [1.54, 1.807) is 7.11 Å². The minimum atomic E-state index is -1.38. The number of carbonyl (C=O) groups is 1. The summed E-state index contributed by atoms with van der Waals surface area (Å²) in [5, 5.41) is 1.18. The third-order valence-electron chi connectivity index (χ3n) is 8.50. The van der Waals surface area contributed by atoms with Crippen molar-refractivity contribution in [2.24, 2.45) is 0 Å². The highest BCUT2D eigenvalue weighted by Gasteiger charge is 2.44. The van der Waals surface area contributed by atoms with E-state index in [1.165, 1.54) is 15.8 Å². The number of carbonyl (C=O) groups excluding carboxylic acids is 1. The number of benzene rings is 3. The quantitative estimate of drug-likeness (QED) is 0.191. The van der Waals surface area contributed by atoms with Crippen molar-refractivity contribution in [1.29, 1.82) is 0 Å². The molecule has 3 aromatic carbocycles. The summed E-state index contributed by atoms with van der Waals surface area (Å²) in [6.45, 7) is 1.39. The van der Waals surface area contributed by atoms with Crippen LogP contribution in [0.4, 0.5) is 13.6 Å². The topological polar surface area (TPSA) is 76.3 Å². The minimum absolute atomic E-state index is 0.0990. The number of ether oxygens (including phenoxy) is 4. The molecule has 1 N–H and O–H groups in total. The average molecular weight is 620 g/mol. The lowest BCUT2D eigenvalue weighted by Gasteiger charge is -2.43. The first-order valence-corrected chi connectivity index (χ1v) is 15.4.